The fourth-order valence-corrected chi connectivity index (χ4v) is 5.95. The number of nitrogens with zero attached hydrogens (tertiary/aromatic N) is 7. The van der Waals surface area contributed by atoms with Gasteiger partial charge in [-0.1, -0.05) is 0 Å². The molecule has 3 aliphatic rings. The van der Waals surface area contributed by atoms with Crippen molar-refractivity contribution in [2.75, 3.05) is 31.2 Å². The fraction of sp³-hybridized carbons (Fsp3) is 0.414. The zero-order valence-corrected chi connectivity index (χ0v) is 21.5. The number of carbonyl (C=O) groups excluding carboxylic acids is 1. The summed E-state index contributed by atoms with van der Waals surface area (Å²) in [5.41, 5.74) is 7.04. The summed E-state index contributed by atoms with van der Waals surface area (Å²) in [5.74, 6) is 0.974. The number of nitriles is 2. The highest BCUT2D eigenvalue weighted by molar-refractivity contribution is 5.79. The normalized spacial score (nSPS) is 17.3. The van der Waals surface area contributed by atoms with E-state index in [1.165, 1.54) is 5.69 Å². The summed E-state index contributed by atoms with van der Waals surface area (Å²) in [5, 5.41) is 24.4. The van der Waals surface area contributed by atoms with Gasteiger partial charge in [0.1, 0.15) is 11.8 Å². The van der Waals surface area contributed by atoms with E-state index >= 15 is 0 Å². The smallest absolute Gasteiger partial charge is 0.219 e. The van der Waals surface area contributed by atoms with Crippen molar-refractivity contribution in [3.05, 3.63) is 58.5 Å². The Morgan fingerprint density at radius 1 is 1.11 bits per heavy atom. The van der Waals surface area contributed by atoms with E-state index in [2.05, 4.69) is 26.7 Å². The first-order chi connectivity index (χ1) is 18.6. The molecule has 0 unspecified atom stereocenters. The van der Waals surface area contributed by atoms with E-state index in [1.54, 1.807) is 19.2 Å². The van der Waals surface area contributed by atoms with Crippen molar-refractivity contribution in [2.24, 2.45) is 0 Å². The van der Waals surface area contributed by atoms with Gasteiger partial charge in [-0.2, -0.15) is 15.6 Å². The van der Waals surface area contributed by atoms with Crippen LogP contribution in [0.25, 0.3) is 11.1 Å². The number of aryl methyl sites for hydroxylation is 1. The first-order valence-corrected chi connectivity index (χ1v) is 13.2. The molecule has 38 heavy (non-hydrogen) atoms. The number of amides is 1. The average molecular weight is 508 g/mol. The van der Waals surface area contributed by atoms with Crippen molar-refractivity contribution in [1.29, 1.82) is 10.5 Å². The Hall–Kier alpha value is -4.21. The Morgan fingerprint density at radius 3 is 2.66 bits per heavy atom. The summed E-state index contributed by atoms with van der Waals surface area (Å²) in [7, 11) is 0. The number of benzene rings is 1. The Kier molecular flexibility index (Phi) is 6.30. The van der Waals surface area contributed by atoms with Crippen LogP contribution in [0.1, 0.15) is 60.3 Å². The van der Waals surface area contributed by atoms with Gasteiger partial charge in [-0.05, 0) is 55.5 Å². The van der Waals surface area contributed by atoms with Gasteiger partial charge in [-0.25, -0.2) is 4.98 Å². The van der Waals surface area contributed by atoms with Crippen LogP contribution in [0.3, 0.4) is 0 Å². The van der Waals surface area contributed by atoms with Crippen molar-refractivity contribution in [3.63, 3.8) is 0 Å². The van der Waals surface area contributed by atoms with E-state index in [9.17, 15) is 10.1 Å². The molecule has 0 spiro atoms. The molecular formula is C29H29N7O2. The Labute approximate surface area is 221 Å². The zero-order chi connectivity index (χ0) is 26.2. The van der Waals surface area contributed by atoms with Gasteiger partial charge in [0.05, 0.1) is 24.2 Å². The zero-order valence-electron chi connectivity index (χ0n) is 21.5. The number of aromatic nitrogens is 3. The fourth-order valence-electron chi connectivity index (χ4n) is 5.95. The molecule has 0 saturated carbocycles. The van der Waals surface area contributed by atoms with E-state index < -0.39 is 0 Å². The van der Waals surface area contributed by atoms with Crippen molar-refractivity contribution < 1.29 is 9.53 Å². The second kappa shape index (κ2) is 9.92. The van der Waals surface area contributed by atoms with Crippen LogP contribution < -0.4 is 4.90 Å². The number of fused-ring (bicyclic) bond motifs is 2. The second-order valence-electron chi connectivity index (χ2n) is 10.2. The number of rotatable bonds is 3. The molecule has 9 nitrogen and oxygen atoms in total. The lowest BCUT2D eigenvalue weighted by molar-refractivity contribution is -0.129. The standard InChI is InChI=1S/C29H29N7O2/c1-19(37)34-10-6-27-26(18-34)29(33-36(27)24-7-11-38-12-8-24)35-9-2-3-20-13-25(22(15-30)14-28(20)35)21-4-5-23(16-31)32-17-21/h4-5,13-14,17,24H,2-3,6-12,18H2,1H3. The van der Waals surface area contributed by atoms with E-state index in [1.807, 2.05) is 23.1 Å². The third-order valence-electron chi connectivity index (χ3n) is 7.95. The molecule has 0 atom stereocenters. The highest BCUT2D eigenvalue weighted by Crippen LogP contribution is 2.41. The number of hydrogen-bond acceptors (Lipinski definition) is 7. The molecule has 0 aliphatic carbocycles. The van der Waals surface area contributed by atoms with E-state index in [-0.39, 0.29) is 5.91 Å². The molecule has 6 rings (SSSR count). The highest BCUT2D eigenvalue weighted by Gasteiger charge is 2.33. The van der Waals surface area contributed by atoms with Crippen LogP contribution in [0, 0.1) is 22.7 Å². The third-order valence-corrected chi connectivity index (χ3v) is 7.95. The van der Waals surface area contributed by atoms with Crippen molar-refractivity contribution in [1.82, 2.24) is 19.7 Å². The predicted octanol–water partition coefficient (Wildman–Crippen LogP) is 4.03. The quantitative estimate of drug-likeness (QED) is 0.526. The summed E-state index contributed by atoms with van der Waals surface area (Å²) in [6.45, 7) is 5.15. The van der Waals surface area contributed by atoms with Gasteiger partial charge in [0.2, 0.25) is 5.91 Å². The Bertz CT molecular complexity index is 1470. The number of pyridine rings is 1. The maximum Gasteiger partial charge on any atom is 0.219 e. The minimum Gasteiger partial charge on any atom is -0.381 e. The lowest BCUT2D eigenvalue weighted by Crippen LogP contribution is -2.36. The first-order valence-electron chi connectivity index (χ1n) is 13.2. The summed E-state index contributed by atoms with van der Waals surface area (Å²) < 4.78 is 7.82. The molecule has 1 amide bonds. The Balaban J connectivity index is 1.45. The van der Waals surface area contributed by atoms with Crippen LogP contribution in [0.15, 0.2) is 30.5 Å². The van der Waals surface area contributed by atoms with Gasteiger partial charge < -0.3 is 14.5 Å². The lowest BCUT2D eigenvalue weighted by atomic mass is 9.92. The van der Waals surface area contributed by atoms with Crippen LogP contribution in [0.2, 0.25) is 0 Å². The first kappa shape index (κ1) is 24.1. The monoisotopic (exact) mass is 507 g/mol. The molecule has 1 aromatic carbocycles. The van der Waals surface area contributed by atoms with Gasteiger partial charge in [0, 0.05) is 73.9 Å². The maximum absolute atomic E-state index is 12.3. The predicted molar refractivity (Wildman–Crippen MR) is 141 cm³/mol. The maximum atomic E-state index is 12.3. The molecule has 2 aromatic heterocycles. The molecule has 1 saturated heterocycles. The molecule has 1 fully saturated rings. The third kappa shape index (κ3) is 4.19. The van der Waals surface area contributed by atoms with Crippen molar-refractivity contribution in [3.8, 4) is 23.3 Å². The highest BCUT2D eigenvalue weighted by atomic mass is 16.5. The molecule has 5 heterocycles. The lowest BCUT2D eigenvalue weighted by Gasteiger charge is -2.33. The number of anilines is 2. The molecule has 0 radical (unpaired) electrons. The van der Waals surface area contributed by atoms with Crippen LogP contribution in [-0.2, 0) is 28.9 Å². The molecule has 3 aromatic rings. The van der Waals surface area contributed by atoms with Crippen LogP contribution in [0.4, 0.5) is 11.5 Å². The molecule has 0 N–H and O–H groups in total. The molecule has 0 bridgehead atoms. The molecule has 192 valence electrons. The van der Waals surface area contributed by atoms with Gasteiger partial charge in [0.15, 0.2) is 5.82 Å². The van der Waals surface area contributed by atoms with Gasteiger partial charge in [0.25, 0.3) is 0 Å². The second-order valence-corrected chi connectivity index (χ2v) is 10.2. The van der Waals surface area contributed by atoms with E-state index in [0.29, 0.717) is 30.4 Å². The van der Waals surface area contributed by atoms with Crippen molar-refractivity contribution in [2.45, 2.75) is 51.6 Å². The Morgan fingerprint density at radius 2 is 1.95 bits per heavy atom. The largest absolute Gasteiger partial charge is 0.381 e. The van der Waals surface area contributed by atoms with Crippen LogP contribution >= 0.6 is 0 Å². The van der Waals surface area contributed by atoms with E-state index in [0.717, 1.165) is 85.6 Å². The van der Waals surface area contributed by atoms with Gasteiger partial charge in [-0.3, -0.25) is 9.48 Å². The summed E-state index contributed by atoms with van der Waals surface area (Å²) in [4.78, 5) is 20.7. The molecular weight excluding hydrogens is 478 g/mol. The van der Waals surface area contributed by atoms with Crippen LogP contribution in [-0.4, -0.2) is 51.9 Å². The summed E-state index contributed by atoms with van der Waals surface area (Å²) in [6, 6.07) is 12.3. The molecule has 9 heteroatoms. The van der Waals surface area contributed by atoms with Crippen LogP contribution in [0.5, 0.6) is 0 Å². The van der Waals surface area contributed by atoms with E-state index in [4.69, 9.17) is 15.1 Å². The molecule has 3 aliphatic heterocycles. The average Bonchev–Trinajstić information content (AvgIpc) is 3.35. The van der Waals surface area contributed by atoms with Gasteiger partial charge >= 0.3 is 0 Å². The summed E-state index contributed by atoms with van der Waals surface area (Å²) in [6.07, 6.45) is 6.16. The topological polar surface area (TPSA) is 111 Å². The number of ether oxygens (including phenoxy) is 1. The minimum atomic E-state index is 0.0758. The number of hydrogen-bond donors (Lipinski definition) is 0. The van der Waals surface area contributed by atoms with Crippen molar-refractivity contribution >= 4 is 17.4 Å². The van der Waals surface area contributed by atoms with Gasteiger partial charge in [-0.15, -0.1) is 0 Å². The minimum absolute atomic E-state index is 0.0758. The summed E-state index contributed by atoms with van der Waals surface area (Å²) >= 11 is 0. The number of carbonyl (C=O) groups is 1. The SMILES string of the molecule is CC(=O)N1CCc2c(c(N3CCCc4cc(-c5ccc(C#N)nc5)c(C#N)cc43)nn2C2CCOCC2)C1.